The number of aryl methyl sites for hydroxylation is 1. The van der Waals surface area contributed by atoms with E-state index in [0.29, 0.717) is 6.04 Å². The Morgan fingerprint density at radius 1 is 1.39 bits per heavy atom. The lowest BCUT2D eigenvalue weighted by Gasteiger charge is -2.33. The third kappa shape index (κ3) is 2.94. The van der Waals surface area contributed by atoms with Gasteiger partial charge in [0.25, 0.3) is 0 Å². The predicted molar refractivity (Wildman–Crippen MR) is 75.4 cm³/mol. The van der Waals surface area contributed by atoms with Crippen LogP contribution in [0.4, 0.5) is 0 Å². The fourth-order valence-corrected chi connectivity index (χ4v) is 3.53. The summed E-state index contributed by atoms with van der Waals surface area (Å²) in [5.41, 5.74) is 1.33. The molecule has 18 heavy (non-hydrogen) atoms. The molecular formula is C15H27N3. The smallest absolute Gasteiger partial charge is 0.0553 e. The highest BCUT2D eigenvalue weighted by Crippen LogP contribution is 2.37. The second-order valence-corrected chi connectivity index (χ2v) is 5.72. The molecule has 1 saturated carbocycles. The van der Waals surface area contributed by atoms with Gasteiger partial charge in [-0.2, -0.15) is 5.10 Å². The average Bonchev–Trinajstić information content (AvgIpc) is 2.79. The van der Waals surface area contributed by atoms with Crippen molar-refractivity contribution in [1.29, 1.82) is 0 Å². The summed E-state index contributed by atoms with van der Waals surface area (Å²) in [6.45, 7) is 2.30. The first-order chi connectivity index (χ1) is 8.76. The Bertz CT molecular complexity index is 350. The molecule has 1 heterocycles. The van der Waals surface area contributed by atoms with Crippen molar-refractivity contribution in [3.63, 3.8) is 0 Å². The van der Waals surface area contributed by atoms with Gasteiger partial charge in [0.1, 0.15) is 0 Å². The van der Waals surface area contributed by atoms with Crippen LogP contribution >= 0.6 is 0 Å². The lowest BCUT2D eigenvalue weighted by Crippen LogP contribution is -2.30. The Hall–Kier alpha value is -0.830. The van der Waals surface area contributed by atoms with E-state index in [1.165, 1.54) is 44.2 Å². The molecule has 3 nitrogen and oxygen atoms in total. The zero-order valence-electron chi connectivity index (χ0n) is 12.0. The molecule has 1 unspecified atom stereocenters. The summed E-state index contributed by atoms with van der Waals surface area (Å²) >= 11 is 0. The molecule has 1 atom stereocenters. The molecule has 0 spiro atoms. The molecule has 0 aliphatic heterocycles. The number of aromatic nitrogens is 2. The van der Waals surface area contributed by atoms with Crippen molar-refractivity contribution in [2.45, 2.75) is 51.5 Å². The van der Waals surface area contributed by atoms with E-state index in [-0.39, 0.29) is 0 Å². The van der Waals surface area contributed by atoms with Crippen molar-refractivity contribution < 1.29 is 0 Å². The number of nitrogens with zero attached hydrogens (tertiary/aromatic N) is 2. The van der Waals surface area contributed by atoms with Gasteiger partial charge in [-0.3, -0.25) is 4.68 Å². The van der Waals surface area contributed by atoms with Crippen molar-refractivity contribution in [2.24, 2.45) is 18.9 Å². The SMILES string of the molecule is CCCC1CCC(C(NC)c2ccnn2C)CC1. The van der Waals surface area contributed by atoms with E-state index in [4.69, 9.17) is 0 Å². The van der Waals surface area contributed by atoms with E-state index in [2.05, 4.69) is 30.5 Å². The highest BCUT2D eigenvalue weighted by molar-refractivity contribution is 5.08. The first kappa shape index (κ1) is 13.6. The molecule has 1 aromatic heterocycles. The topological polar surface area (TPSA) is 29.9 Å². The van der Waals surface area contributed by atoms with Crippen molar-refractivity contribution in [1.82, 2.24) is 15.1 Å². The van der Waals surface area contributed by atoms with E-state index >= 15 is 0 Å². The maximum atomic E-state index is 4.30. The van der Waals surface area contributed by atoms with Crippen molar-refractivity contribution in [2.75, 3.05) is 7.05 Å². The van der Waals surface area contributed by atoms with Crippen molar-refractivity contribution >= 4 is 0 Å². The van der Waals surface area contributed by atoms with Crippen LogP contribution in [0.2, 0.25) is 0 Å². The molecular weight excluding hydrogens is 222 g/mol. The second-order valence-electron chi connectivity index (χ2n) is 5.72. The molecule has 1 aliphatic carbocycles. The average molecular weight is 249 g/mol. The Morgan fingerprint density at radius 3 is 2.61 bits per heavy atom. The fourth-order valence-electron chi connectivity index (χ4n) is 3.53. The molecule has 1 N–H and O–H groups in total. The van der Waals surface area contributed by atoms with Crippen molar-refractivity contribution in [3.05, 3.63) is 18.0 Å². The van der Waals surface area contributed by atoms with Crippen LogP contribution in [0.3, 0.4) is 0 Å². The van der Waals surface area contributed by atoms with E-state index in [0.717, 1.165) is 11.8 Å². The van der Waals surface area contributed by atoms with Gasteiger partial charge in [-0.1, -0.05) is 32.6 Å². The third-order valence-corrected chi connectivity index (χ3v) is 4.55. The Balaban J connectivity index is 1.97. The summed E-state index contributed by atoms with van der Waals surface area (Å²) in [6.07, 6.45) is 10.2. The van der Waals surface area contributed by atoms with Crippen LogP contribution in [0.5, 0.6) is 0 Å². The largest absolute Gasteiger partial charge is 0.311 e. The second kappa shape index (κ2) is 6.37. The molecule has 0 bridgehead atoms. The van der Waals surface area contributed by atoms with Gasteiger partial charge < -0.3 is 5.32 Å². The zero-order chi connectivity index (χ0) is 13.0. The maximum absolute atomic E-state index is 4.30. The lowest BCUT2D eigenvalue weighted by atomic mass is 9.76. The van der Waals surface area contributed by atoms with Gasteiger partial charge >= 0.3 is 0 Å². The minimum Gasteiger partial charge on any atom is -0.311 e. The first-order valence-electron chi connectivity index (χ1n) is 7.41. The van der Waals surface area contributed by atoms with E-state index in [1.807, 2.05) is 17.9 Å². The predicted octanol–water partition coefficient (Wildman–Crippen LogP) is 3.29. The van der Waals surface area contributed by atoms with Crippen LogP contribution in [0.15, 0.2) is 12.3 Å². The highest BCUT2D eigenvalue weighted by atomic mass is 15.3. The van der Waals surface area contributed by atoms with Crippen molar-refractivity contribution in [3.8, 4) is 0 Å². The Kier molecular flexibility index (Phi) is 4.81. The summed E-state index contributed by atoms with van der Waals surface area (Å²) in [7, 11) is 4.12. The number of rotatable bonds is 5. The van der Waals surface area contributed by atoms with Crippen LogP contribution < -0.4 is 5.32 Å². The van der Waals surface area contributed by atoms with Gasteiger partial charge in [-0.05, 0) is 37.8 Å². The number of hydrogen-bond acceptors (Lipinski definition) is 2. The molecule has 102 valence electrons. The summed E-state index contributed by atoms with van der Waals surface area (Å²) in [6, 6.07) is 2.62. The van der Waals surface area contributed by atoms with E-state index < -0.39 is 0 Å². The molecule has 0 amide bonds. The molecule has 0 aromatic carbocycles. The van der Waals surface area contributed by atoms with Gasteiger partial charge in [-0.25, -0.2) is 0 Å². The molecule has 0 saturated heterocycles. The van der Waals surface area contributed by atoms with Gasteiger partial charge in [0.15, 0.2) is 0 Å². The lowest BCUT2D eigenvalue weighted by molar-refractivity contribution is 0.215. The molecule has 1 aliphatic rings. The van der Waals surface area contributed by atoms with E-state index in [1.54, 1.807) is 0 Å². The van der Waals surface area contributed by atoms with Gasteiger partial charge in [-0.15, -0.1) is 0 Å². The van der Waals surface area contributed by atoms with E-state index in [9.17, 15) is 0 Å². The summed E-state index contributed by atoms with van der Waals surface area (Å²) in [5, 5.41) is 7.80. The summed E-state index contributed by atoms with van der Waals surface area (Å²) < 4.78 is 2.01. The minimum atomic E-state index is 0.472. The summed E-state index contributed by atoms with van der Waals surface area (Å²) in [4.78, 5) is 0. The minimum absolute atomic E-state index is 0.472. The normalized spacial score (nSPS) is 26.2. The third-order valence-electron chi connectivity index (χ3n) is 4.55. The number of nitrogens with one attached hydrogen (secondary N) is 1. The summed E-state index contributed by atoms with van der Waals surface area (Å²) in [5.74, 6) is 1.76. The van der Waals surface area contributed by atoms with Crippen LogP contribution in [0.25, 0.3) is 0 Å². The molecule has 3 heteroatoms. The Morgan fingerprint density at radius 2 is 2.11 bits per heavy atom. The highest BCUT2D eigenvalue weighted by Gasteiger charge is 2.28. The maximum Gasteiger partial charge on any atom is 0.0553 e. The van der Waals surface area contributed by atoms with Crippen LogP contribution in [0, 0.1) is 11.8 Å². The quantitative estimate of drug-likeness (QED) is 0.868. The molecule has 2 rings (SSSR count). The van der Waals surface area contributed by atoms with Gasteiger partial charge in [0, 0.05) is 13.2 Å². The van der Waals surface area contributed by atoms with Gasteiger partial charge in [0.2, 0.25) is 0 Å². The van der Waals surface area contributed by atoms with Crippen LogP contribution in [-0.2, 0) is 7.05 Å². The fraction of sp³-hybridized carbons (Fsp3) is 0.800. The molecule has 0 radical (unpaired) electrons. The monoisotopic (exact) mass is 249 g/mol. The Labute approximate surface area is 111 Å². The standard InChI is InChI=1S/C15H27N3/c1-4-5-12-6-8-13(9-7-12)15(16-2)14-10-11-17-18(14)3/h10-13,15-16H,4-9H2,1-3H3. The number of hydrogen-bond donors (Lipinski definition) is 1. The van der Waals surface area contributed by atoms with Crippen LogP contribution in [0.1, 0.15) is 57.2 Å². The van der Waals surface area contributed by atoms with Crippen LogP contribution in [-0.4, -0.2) is 16.8 Å². The molecule has 1 aromatic rings. The molecule has 1 fully saturated rings. The zero-order valence-corrected chi connectivity index (χ0v) is 12.0. The first-order valence-corrected chi connectivity index (χ1v) is 7.41. The van der Waals surface area contributed by atoms with Gasteiger partial charge in [0.05, 0.1) is 11.7 Å².